The van der Waals surface area contributed by atoms with Crippen LogP contribution in [0.25, 0.3) is 0 Å². The van der Waals surface area contributed by atoms with Gasteiger partial charge < -0.3 is 4.74 Å². The number of hydrogen-bond acceptors (Lipinski definition) is 1. The fourth-order valence-electron chi connectivity index (χ4n) is 3.30. The summed E-state index contributed by atoms with van der Waals surface area (Å²) in [6.45, 7) is 8.97. The molecule has 0 amide bonds. The highest BCUT2D eigenvalue weighted by molar-refractivity contribution is 5.38. The molecule has 1 aromatic rings. The molecule has 1 aliphatic carbocycles. The molecule has 0 radical (unpaired) electrons. The predicted molar refractivity (Wildman–Crippen MR) is 75.0 cm³/mol. The van der Waals surface area contributed by atoms with E-state index < -0.39 is 0 Å². The van der Waals surface area contributed by atoms with Crippen molar-refractivity contribution in [2.75, 3.05) is 13.2 Å². The largest absolute Gasteiger partial charge is 0.381 e. The van der Waals surface area contributed by atoms with Crippen LogP contribution >= 0.6 is 0 Å². The van der Waals surface area contributed by atoms with E-state index in [2.05, 4.69) is 39.0 Å². The molecule has 0 N–H and O–H groups in total. The van der Waals surface area contributed by atoms with Gasteiger partial charge in [-0.15, -0.1) is 0 Å². The summed E-state index contributed by atoms with van der Waals surface area (Å²) < 4.78 is 5.51. The maximum atomic E-state index is 5.51. The maximum Gasteiger partial charge on any atom is 0.0535 e. The first-order valence-electron chi connectivity index (χ1n) is 7.23. The molecule has 1 aliphatic heterocycles. The van der Waals surface area contributed by atoms with Crippen LogP contribution in [-0.2, 0) is 17.6 Å². The molecule has 2 aliphatic rings. The summed E-state index contributed by atoms with van der Waals surface area (Å²) in [5.41, 5.74) is 5.10. The normalized spacial score (nSPS) is 27.5. The molecule has 1 fully saturated rings. The third-order valence-corrected chi connectivity index (χ3v) is 4.79. The number of benzene rings is 1. The second-order valence-electron chi connectivity index (χ2n) is 7.06. The molecule has 1 nitrogen and oxygen atoms in total. The second kappa shape index (κ2) is 4.38. The smallest absolute Gasteiger partial charge is 0.0535 e. The first kappa shape index (κ1) is 12.2. The van der Waals surface area contributed by atoms with E-state index in [0.29, 0.717) is 11.3 Å². The second-order valence-corrected chi connectivity index (χ2v) is 7.06. The van der Waals surface area contributed by atoms with Crippen molar-refractivity contribution in [1.82, 2.24) is 0 Å². The van der Waals surface area contributed by atoms with Gasteiger partial charge in [-0.2, -0.15) is 0 Å². The van der Waals surface area contributed by atoms with Gasteiger partial charge >= 0.3 is 0 Å². The van der Waals surface area contributed by atoms with Gasteiger partial charge in [0.05, 0.1) is 6.61 Å². The Morgan fingerprint density at radius 1 is 1.11 bits per heavy atom. The summed E-state index contributed by atoms with van der Waals surface area (Å²) in [4.78, 5) is 0. The molecule has 0 saturated carbocycles. The van der Waals surface area contributed by atoms with Gasteiger partial charge in [-0.1, -0.05) is 39.0 Å². The van der Waals surface area contributed by atoms with Crippen LogP contribution in [0.1, 0.15) is 49.8 Å². The zero-order valence-electron chi connectivity index (χ0n) is 11.8. The molecule has 1 heterocycles. The Balaban J connectivity index is 1.82. The summed E-state index contributed by atoms with van der Waals surface area (Å²) >= 11 is 0. The first-order valence-corrected chi connectivity index (χ1v) is 7.23. The van der Waals surface area contributed by atoms with Crippen LogP contribution in [0.3, 0.4) is 0 Å². The van der Waals surface area contributed by atoms with Crippen molar-refractivity contribution in [2.24, 2.45) is 11.3 Å². The van der Waals surface area contributed by atoms with E-state index in [1.165, 1.54) is 24.8 Å². The van der Waals surface area contributed by atoms with Gasteiger partial charge in [-0.25, -0.2) is 0 Å². The first-order chi connectivity index (χ1) is 8.54. The third-order valence-electron chi connectivity index (χ3n) is 4.79. The van der Waals surface area contributed by atoms with E-state index in [0.717, 1.165) is 19.1 Å². The molecule has 1 saturated heterocycles. The van der Waals surface area contributed by atoms with Gasteiger partial charge in [0.2, 0.25) is 0 Å². The van der Waals surface area contributed by atoms with Crippen LogP contribution in [0.4, 0.5) is 0 Å². The molecule has 1 heteroatoms. The lowest BCUT2D eigenvalue weighted by molar-refractivity contribution is 0.194. The van der Waals surface area contributed by atoms with Crippen molar-refractivity contribution < 1.29 is 4.74 Å². The Morgan fingerprint density at radius 3 is 2.56 bits per heavy atom. The average Bonchev–Trinajstić information content (AvgIpc) is 2.96. The molecule has 0 aromatic heterocycles. The van der Waals surface area contributed by atoms with E-state index in [4.69, 9.17) is 4.74 Å². The zero-order chi connectivity index (χ0) is 12.8. The predicted octanol–water partition coefficient (Wildman–Crippen LogP) is 3.95. The number of ether oxygens (including phenoxy) is 1. The quantitative estimate of drug-likeness (QED) is 0.727. The third kappa shape index (κ3) is 2.21. The molecule has 1 aromatic carbocycles. The Kier molecular flexibility index (Phi) is 2.97. The van der Waals surface area contributed by atoms with Crippen molar-refractivity contribution >= 4 is 0 Å². The maximum absolute atomic E-state index is 5.51. The van der Waals surface area contributed by atoms with Gasteiger partial charge in [-0.05, 0) is 47.3 Å². The van der Waals surface area contributed by atoms with Crippen molar-refractivity contribution in [3.05, 3.63) is 34.9 Å². The minimum absolute atomic E-state index is 0.426. The Morgan fingerprint density at radius 2 is 1.89 bits per heavy atom. The minimum atomic E-state index is 0.426. The molecule has 18 heavy (non-hydrogen) atoms. The molecular formula is C17H24O. The molecule has 98 valence electrons. The van der Waals surface area contributed by atoms with E-state index in [-0.39, 0.29) is 0 Å². The lowest BCUT2D eigenvalue weighted by atomic mass is 9.79. The van der Waals surface area contributed by atoms with Gasteiger partial charge in [-0.3, -0.25) is 0 Å². The molecule has 0 spiro atoms. The Hall–Kier alpha value is -0.820. The molecule has 1 unspecified atom stereocenters. The summed E-state index contributed by atoms with van der Waals surface area (Å²) in [6.07, 6.45) is 3.72. The SMILES string of the molecule is CC(C)(C)[C@H]1Cc2ccc(C3CCOC3)cc2C1. The van der Waals surface area contributed by atoms with Crippen LogP contribution in [0, 0.1) is 11.3 Å². The lowest BCUT2D eigenvalue weighted by Gasteiger charge is -2.26. The minimum Gasteiger partial charge on any atom is -0.381 e. The standard InChI is InChI=1S/C17H24O/c1-17(2,3)16-9-13-5-4-12(8-15(13)10-16)14-6-7-18-11-14/h4-5,8,14,16H,6-7,9-11H2,1-3H3/t14?,16-/m0/s1. The van der Waals surface area contributed by atoms with Gasteiger partial charge in [0.1, 0.15) is 0 Å². The zero-order valence-corrected chi connectivity index (χ0v) is 11.8. The number of hydrogen-bond donors (Lipinski definition) is 0. The van der Waals surface area contributed by atoms with E-state index in [1.807, 2.05) is 0 Å². The number of rotatable bonds is 1. The van der Waals surface area contributed by atoms with Gasteiger partial charge in [0, 0.05) is 12.5 Å². The highest BCUT2D eigenvalue weighted by atomic mass is 16.5. The summed E-state index contributed by atoms with van der Waals surface area (Å²) in [6, 6.07) is 7.17. The van der Waals surface area contributed by atoms with Gasteiger partial charge in [0.25, 0.3) is 0 Å². The van der Waals surface area contributed by atoms with Crippen LogP contribution in [-0.4, -0.2) is 13.2 Å². The summed E-state index contributed by atoms with van der Waals surface area (Å²) in [5.74, 6) is 1.45. The molecule has 0 bridgehead atoms. The van der Waals surface area contributed by atoms with Crippen molar-refractivity contribution in [2.45, 2.75) is 46.0 Å². The Labute approximate surface area is 111 Å². The highest BCUT2D eigenvalue weighted by Crippen LogP contribution is 2.39. The van der Waals surface area contributed by atoms with Crippen LogP contribution < -0.4 is 0 Å². The lowest BCUT2D eigenvalue weighted by Crippen LogP contribution is -2.20. The van der Waals surface area contributed by atoms with Crippen LogP contribution in [0.5, 0.6) is 0 Å². The fourth-order valence-corrected chi connectivity index (χ4v) is 3.30. The number of fused-ring (bicyclic) bond motifs is 1. The molecule has 3 rings (SSSR count). The molecular weight excluding hydrogens is 220 g/mol. The van der Waals surface area contributed by atoms with Gasteiger partial charge in [0.15, 0.2) is 0 Å². The van der Waals surface area contributed by atoms with Crippen molar-refractivity contribution in [1.29, 1.82) is 0 Å². The van der Waals surface area contributed by atoms with E-state index in [9.17, 15) is 0 Å². The summed E-state index contributed by atoms with van der Waals surface area (Å²) in [5, 5.41) is 0. The van der Waals surface area contributed by atoms with E-state index in [1.54, 1.807) is 11.1 Å². The van der Waals surface area contributed by atoms with Crippen molar-refractivity contribution in [3.8, 4) is 0 Å². The average molecular weight is 244 g/mol. The summed E-state index contributed by atoms with van der Waals surface area (Å²) in [7, 11) is 0. The van der Waals surface area contributed by atoms with Crippen LogP contribution in [0.15, 0.2) is 18.2 Å². The highest BCUT2D eigenvalue weighted by Gasteiger charge is 2.31. The topological polar surface area (TPSA) is 9.23 Å². The monoisotopic (exact) mass is 244 g/mol. The Bertz CT molecular complexity index is 435. The fraction of sp³-hybridized carbons (Fsp3) is 0.647. The van der Waals surface area contributed by atoms with E-state index >= 15 is 0 Å². The van der Waals surface area contributed by atoms with Crippen molar-refractivity contribution in [3.63, 3.8) is 0 Å². The molecule has 2 atom stereocenters. The van der Waals surface area contributed by atoms with Crippen LogP contribution in [0.2, 0.25) is 0 Å².